The fourth-order valence-corrected chi connectivity index (χ4v) is 5.52. The quantitative estimate of drug-likeness (QED) is 0.545. The Kier molecular flexibility index (Phi) is 6.02. The number of aldehydes is 1. The van der Waals surface area contributed by atoms with Crippen molar-refractivity contribution in [1.82, 2.24) is 4.90 Å². The molecule has 3 rings (SSSR count). The Labute approximate surface area is 156 Å². The van der Waals surface area contributed by atoms with Crippen LogP contribution < -0.4 is 0 Å². The second-order valence-electron chi connectivity index (χ2n) is 8.22. The van der Waals surface area contributed by atoms with E-state index in [0.717, 1.165) is 49.3 Å². The molecule has 2 aliphatic carbocycles. The van der Waals surface area contributed by atoms with Crippen LogP contribution >= 0.6 is 0 Å². The summed E-state index contributed by atoms with van der Waals surface area (Å²) in [5.74, 6) is 0.735. The van der Waals surface area contributed by atoms with Crippen LogP contribution in [0.15, 0.2) is 23.3 Å². The van der Waals surface area contributed by atoms with Gasteiger partial charge in [-0.3, -0.25) is 4.90 Å². The van der Waals surface area contributed by atoms with E-state index in [9.17, 15) is 20.1 Å². The zero-order valence-corrected chi connectivity index (χ0v) is 15.9. The summed E-state index contributed by atoms with van der Waals surface area (Å²) in [5.41, 5.74) is 0.456. The van der Waals surface area contributed by atoms with Crippen LogP contribution in [0.1, 0.15) is 51.9 Å². The predicted octanol–water partition coefficient (Wildman–Crippen LogP) is 1.82. The van der Waals surface area contributed by atoms with Gasteiger partial charge in [0.05, 0.1) is 18.8 Å². The number of piperidine rings is 1. The van der Waals surface area contributed by atoms with Crippen molar-refractivity contribution in [3.63, 3.8) is 0 Å². The summed E-state index contributed by atoms with van der Waals surface area (Å²) in [4.78, 5) is 13.5. The molecule has 1 unspecified atom stereocenters. The molecule has 5 heteroatoms. The van der Waals surface area contributed by atoms with E-state index < -0.39 is 11.0 Å². The van der Waals surface area contributed by atoms with Gasteiger partial charge < -0.3 is 20.1 Å². The van der Waals surface area contributed by atoms with Crippen molar-refractivity contribution in [3.8, 4) is 0 Å². The number of fused-ring (bicyclic) bond motifs is 2. The van der Waals surface area contributed by atoms with Gasteiger partial charge in [0.1, 0.15) is 6.29 Å². The van der Waals surface area contributed by atoms with Gasteiger partial charge in [0, 0.05) is 24.4 Å². The number of nitrogens with zero attached hydrogens (tertiary/aromatic N) is 1. The zero-order chi connectivity index (χ0) is 18.8. The SMILES string of the molecule is CCC12CCN(CC3CC3)[C@H](CC(/C=C\CO)=C1CO)[C@]2(O)CCC=O. The van der Waals surface area contributed by atoms with Crippen molar-refractivity contribution in [1.29, 1.82) is 0 Å². The van der Waals surface area contributed by atoms with Gasteiger partial charge in [-0.15, -0.1) is 0 Å². The van der Waals surface area contributed by atoms with E-state index in [4.69, 9.17) is 0 Å². The maximum atomic E-state index is 12.0. The number of carbonyl (C=O) groups is 1. The van der Waals surface area contributed by atoms with E-state index in [1.54, 1.807) is 6.08 Å². The monoisotopic (exact) mass is 363 g/mol. The standard InChI is InChI=1S/C21H33NO4/c1-2-20-9-10-22(14-16-6-7-16)19(21(20,26)8-4-12-24)13-17(5-3-11-23)18(20)15-25/h3,5,12,16,19,23,25-26H,2,4,6-11,13-15H2,1H3/b5-3-/t19-,20?,21-/m1/s1. The Morgan fingerprint density at radius 1 is 1.31 bits per heavy atom. The lowest BCUT2D eigenvalue weighted by Gasteiger charge is -2.62. The Hall–Kier alpha value is -1.01. The summed E-state index contributed by atoms with van der Waals surface area (Å²) < 4.78 is 0. The first-order valence-corrected chi connectivity index (χ1v) is 10.1. The van der Waals surface area contributed by atoms with E-state index in [-0.39, 0.29) is 19.3 Å². The van der Waals surface area contributed by atoms with Crippen molar-refractivity contribution in [2.45, 2.75) is 63.5 Å². The Bertz CT molecular complexity index is 583. The molecule has 2 fully saturated rings. The Morgan fingerprint density at radius 2 is 2.08 bits per heavy atom. The highest BCUT2D eigenvalue weighted by Gasteiger charge is 2.61. The first kappa shape index (κ1) is 19.7. The summed E-state index contributed by atoms with van der Waals surface area (Å²) >= 11 is 0. The first-order valence-electron chi connectivity index (χ1n) is 10.1. The summed E-state index contributed by atoms with van der Waals surface area (Å²) in [5, 5.41) is 31.4. The molecular weight excluding hydrogens is 330 g/mol. The molecule has 0 amide bonds. The minimum Gasteiger partial charge on any atom is -0.392 e. The molecule has 146 valence electrons. The highest BCUT2D eigenvalue weighted by molar-refractivity contribution is 5.50. The highest BCUT2D eigenvalue weighted by Crippen LogP contribution is 2.58. The molecule has 0 spiro atoms. The number of aliphatic hydroxyl groups excluding tert-OH is 2. The molecule has 3 atom stereocenters. The van der Waals surface area contributed by atoms with Crippen molar-refractivity contribution in [2.24, 2.45) is 11.3 Å². The fourth-order valence-electron chi connectivity index (χ4n) is 5.52. The van der Waals surface area contributed by atoms with Crippen molar-refractivity contribution in [3.05, 3.63) is 23.3 Å². The van der Waals surface area contributed by atoms with E-state index in [1.165, 1.54) is 12.8 Å². The molecule has 1 saturated carbocycles. The molecule has 1 saturated heterocycles. The van der Waals surface area contributed by atoms with Crippen LogP contribution in [-0.2, 0) is 4.79 Å². The maximum absolute atomic E-state index is 12.0. The zero-order valence-electron chi connectivity index (χ0n) is 15.9. The maximum Gasteiger partial charge on any atom is 0.120 e. The third-order valence-electron chi connectivity index (χ3n) is 7.04. The van der Waals surface area contributed by atoms with Crippen LogP contribution in [0.4, 0.5) is 0 Å². The van der Waals surface area contributed by atoms with Gasteiger partial charge >= 0.3 is 0 Å². The highest BCUT2D eigenvalue weighted by atomic mass is 16.3. The molecule has 1 heterocycles. The third kappa shape index (κ3) is 3.19. The molecule has 0 radical (unpaired) electrons. The molecule has 0 aromatic rings. The smallest absolute Gasteiger partial charge is 0.120 e. The average Bonchev–Trinajstić information content (AvgIpc) is 3.45. The minimum absolute atomic E-state index is 0.0345. The molecule has 26 heavy (non-hydrogen) atoms. The molecule has 3 aliphatic rings. The van der Waals surface area contributed by atoms with Gasteiger partial charge in [-0.05, 0) is 62.1 Å². The largest absolute Gasteiger partial charge is 0.392 e. The third-order valence-corrected chi connectivity index (χ3v) is 7.04. The number of aliphatic hydroxyl groups is 3. The summed E-state index contributed by atoms with van der Waals surface area (Å²) in [6, 6.07) is -0.0367. The predicted molar refractivity (Wildman–Crippen MR) is 101 cm³/mol. The molecular formula is C21H33NO4. The lowest BCUT2D eigenvalue weighted by Crippen LogP contribution is -2.69. The van der Waals surface area contributed by atoms with E-state index in [1.807, 2.05) is 6.08 Å². The van der Waals surface area contributed by atoms with E-state index in [0.29, 0.717) is 19.3 Å². The molecule has 0 aromatic heterocycles. The summed E-state index contributed by atoms with van der Waals surface area (Å²) in [6.45, 7) is 3.90. The lowest BCUT2D eigenvalue weighted by molar-refractivity contribution is -0.175. The first-order chi connectivity index (χ1) is 12.6. The fraction of sp³-hybridized carbons (Fsp3) is 0.762. The number of likely N-dealkylation sites (tertiary alicyclic amines) is 1. The Balaban J connectivity index is 2.06. The van der Waals surface area contributed by atoms with Gasteiger partial charge in [-0.2, -0.15) is 0 Å². The molecule has 3 N–H and O–H groups in total. The van der Waals surface area contributed by atoms with Gasteiger partial charge in [-0.1, -0.05) is 19.1 Å². The Morgan fingerprint density at radius 3 is 2.65 bits per heavy atom. The van der Waals surface area contributed by atoms with Crippen molar-refractivity contribution >= 4 is 6.29 Å². The summed E-state index contributed by atoms with van der Waals surface area (Å²) in [7, 11) is 0. The normalized spacial score (nSPS) is 35.3. The summed E-state index contributed by atoms with van der Waals surface area (Å²) in [6.07, 6.45) is 10.0. The molecule has 2 bridgehead atoms. The second-order valence-corrected chi connectivity index (χ2v) is 8.22. The topological polar surface area (TPSA) is 81.0 Å². The van der Waals surface area contributed by atoms with E-state index >= 15 is 0 Å². The van der Waals surface area contributed by atoms with Crippen LogP contribution in [0, 0.1) is 11.3 Å². The minimum atomic E-state index is -0.996. The number of rotatable bonds is 9. The van der Waals surface area contributed by atoms with Crippen LogP contribution in [0.2, 0.25) is 0 Å². The second kappa shape index (κ2) is 7.93. The van der Waals surface area contributed by atoms with Crippen molar-refractivity contribution in [2.75, 3.05) is 26.3 Å². The van der Waals surface area contributed by atoms with Crippen LogP contribution in [-0.4, -0.2) is 64.5 Å². The number of hydrogen-bond donors (Lipinski definition) is 3. The van der Waals surface area contributed by atoms with Crippen LogP contribution in [0.3, 0.4) is 0 Å². The van der Waals surface area contributed by atoms with Gasteiger partial charge in [0.2, 0.25) is 0 Å². The molecule has 5 nitrogen and oxygen atoms in total. The van der Waals surface area contributed by atoms with E-state index in [2.05, 4.69) is 11.8 Å². The van der Waals surface area contributed by atoms with Gasteiger partial charge in [0.15, 0.2) is 0 Å². The van der Waals surface area contributed by atoms with Gasteiger partial charge in [-0.25, -0.2) is 0 Å². The molecule has 1 aliphatic heterocycles. The van der Waals surface area contributed by atoms with Crippen LogP contribution in [0.5, 0.6) is 0 Å². The lowest BCUT2D eigenvalue weighted by atomic mass is 9.52. The average molecular weight is 363 g/mol. The van der Waals surface area contributed by atoms with Crippen molar-refractivity contribution < 1.29 is 20.1 Å². The van der Waals surface area contributed by atoms with Gasteiger partial charge in [0.25, 0.3) is 0 Å². The molecule has 0 aromatic carbocycles. The number of carbonyl (C=O) groups excluding carboxylic acids is 1. The number of hydrogen-bond acceptors (Lipinski definition) is 5. The van der Waals surface area contributed by atoms with Crippen LogP contribution in [0.25, 0.3) is 0 Å². The number of allylic oxidation sites excluding steroid dienone is 1.